The number of benzene rings is 1. The van der Waals surface area contributed by atoms with Crippen molar-refractivity contribution in [2.45, 2.75) is 32.9 Å². The molecular formula is C13H19N3O2. The average Bonchev–Trinajstić information content (AvgIpc) is 2.25. The number of carbonyl (C=O) groups excluding carboxylic acids is 1. The largest absolute Gasteiger partial charge is 0.456 e. The molecule has 0 spiro atoms. The van der Waals surface area contributed by atoms with Crippen LogP contribution in [0, 0.1) is 5.41 Å². The van der Waals surface area contributed by atoms with Gasteiger partial charge in [0, 0.05) is 12.1 Å². The Labute approximate surface area is 107 Å². The monoisotopic (exact) mass is 249 g/mol. The van der Waals surface area contributed by atoms with Crippen LogP contribution in [0.15, 0.2) is 18.2 Å². The minimum Gasteiger partial charge on any atom is -0.456 e. The fourth-order valence-electron chi connectivity index (χ4n) is 1.58. The summed E-state index contributed by atoms with van der Waals surface area (Å²) < 4.78 is 5.30. The van der Waals surface area contributed by atoms with Crippen molar-refractivity contribution in [1.29, 1.82) is 5.41 Å². The summed E-state index contributed by atoms with van der Waals surface area (Å²) in [5.41, 5.74) is 11.9. The lowest BCUT2D eigenvalue weighted by molar-refractivity contribution is 0.00683. The quantitative estimate of drug-likeness (QED) is 0.428. The zero-order valence-corrected chi connectivity index (χ0v) is 10.9. The first-order valence-electron chi connectivity index (χ1n) is 5.66. The maximum atomic E-state index is 12.0. The number of nitrogens with one attached hydrogen (secondary N) is 1. The van der Waals surface area contributed by atoms with E-state index in [1.165, 1.54) is 0 Å². The number of esters is 1. The van der Waals surface area contributed by atoms with Gasteiger partial charge < -0.3 is 16.2 Å². The molecule has 0 aliphatic carbocycles. The number of hydrogen-bond acceptors (Lipinski definition) is 4. The molecule has 0 fully saturated rings. The van der Waals surface area contributed by atoms with Gasteiger partial charge in [0.1, 0.15) is 11.4 Å². The first-order chi connectivity index (χ1) is 8.26. The van der Waals surface area contributed by atoms with E-state index in [0.29, 0.717) is 16.7 Å². The molecule has 0 heterocycles. The molecule has 0 radical (unpaired) electrons. The molecule has 1 aromatic carbocycles. The predicted molar refractivity (Wildman–Crippen MR) is 70.5 cm³/mol. The van der Waals surface area contributed by atoms with Crippen LogP contribution in [-0.4, -0.2) is 17.4 Å². The molecule has 5 heteroatoms. The van der Waals surface area contributed by atoms with E-state index >= 15 is 0 Å². The van der Waals surface area contributed by atoms with E-state index in [4.69, 9.17) is 21.6 Å². The van der Waals surface area contributed by atoms with Gasteiger partial charge in [0.2, 0.25) is 0 Å². The van der Waals surface area contributed by atoms with E-state index in [-0.39, 0.29) is 12.4 Å². The van der Waals surface area contributed by atoms with Crippen LogP contribution in [0.3, 0.4) is 0 Å². The molecule has 5 N–H and O–H groups in total. The van der Waals surface area contributed by atoms with Gasteiger partial charge in [-0.05, 0) is 32.4 Å². The minimum atomic E-state index is -0.574. The van der Waals surface area contributed by atoms with Crippen molar-refractivity contribution < 1.29 is 9.53 Å². The highest BCUT2D eigenvalue weighted by Crippen LogP contribution is 2.18. The fourth-order valence-corrected chi connectivity index (χ4v) is 1.58. The minimum absolute atomic E-state index is 0.110. The SMILES string of the molecule is CC(C)(C)OC(=O)c1cccc(C(=N)N)c1CN. The van der Waals surface area contributed by atoms with Crippen molar-refractivity contribution in [2.75, 3.05) is 0 Å². The summed E-state index contributed by atoms with van der Waals surface area (Å²) in [7, 11) is 0. The zero-order chi connectivity index (χ0) is 13.9. The Bertz CT molecular complexity index is 476. The number of hydrogen-bond donors (Lipinski definition) is 3. The van der Waals surface area contributed by atoms with Crippen LogP contribution in [-0.2, 0) is 11.3 Å². The molecule has 1 aromatic rings. The third-order valence-electron chi connectivity index (χ3n) is 2.29. The maximum Gasteiger partial charge on any atom is 0.338 e. The molecule has 0 saturated heterocycles. The van der Waals surface area contributed by atoms with E-state index in [1.807, 2.05) is 0 Å². The molecule has 0 aliphatic heterocycles. The standard InChI is InChI=1S/C13H19N3O2/c1-13(2,3)18-12(17)9-6-4-5-8(11(15)16)10(9)7-14/h4-6H,7,14H2,1-3H3,(H3,15,16). The lowest BCUT2D eigenvalue weighted by Crippen LogP contribution is -2.26. The molecule has 0 aliphatic rings. The van der Waals surface area contributed by atoms with Gasteiger partial charge in [0.15, 0.2) is 0 Å². The lowest BCUT2D eigenvalue weighted by Gasteiger charge is -2.21. The van der Waals surface area contributed by atoms with Crippen molar-refractivity contribution in [1.82, 2.24) is 0 Å². The topological polar surface area (TPSA) is 102 Å². The summed E-state index contributed by atoms with van der Waals surface area (Å²) in [6, 6.07) is 4.95. The van der Waals surface area contributed by atoms with E-state index in [1.54, 1.807) is 39.0 Å². The molecule has 0 bridgehead atoms. The summed E-state index contributed by atoms with van der Waals surface area (Å²) in [6.45, 7) is 5.51. The second-order valence-corrected chi connectivity index (χ2v) is 4.95. The van der Waals surface area contributed by atoms with Gasteiger partial charge in [0.05, 0.1) is 5.56 Å². The summed E-state index contributed by atoms with van der Waals surface area (Å²) in [6.07, 6.45) is 0. The normalized spacial score (nSPS) is 11.1. The van der Waals surface area contributed by atoms with Gasteiger partial charge in [-0.2, -0.15) is 0 Å². The Morgan fingerprint density at radius 3 is 2.33 bits per heavy atom. The Morgan fingerprint density at radius 1 is 1.33 bits per heavy atom. The number of ether oxygens (including phenoxy) is 1. The zero-order valence-electron chi connectivity index (χ0n) is 10.9. The molecule has 1 rings (SSSR count). The predicted octanol–water partition coefficient (Wildman–Crippen LogP) is 1.38. The van der Waals surface area contributed by atoms with Crippen LogP contribution in [0.25, 0.3) is 0 Å². The van der Waals surface area contributed by atoms with E-state index in [9.17, 15) is 4.79 Å². The number of amidine groups is 1. The van der Waals surface area contributed by atoms with Crippen molar-refractivity contribution in [3.05, 3.63) is 34.9 Å². The summed E-state index contributed by atoms with van der Waals surface area (Å²) in [5, 5.41) is 7.47. The third kappa shape index (κ3) is 3.30. The van der Waals surface area contributed by atoms with Crippen LogP contribution < -0.4 is 11.5 Å². The molecule has 0 amide bonds. The molecule has 98 valence electrons. The second kappa shape index (κ2) is 5.18. The van der Waals surface area contributed by atoms with Crippen LogP contribution in [0.4, 0.5) is 0 Å². The molecule has 18 heavy (non-hydrogen) atoms. The van der Waals surface area contributed by atoms with Crippen molar-refractivity contribution >= 4 is 11.8 Å². The molecule has 5 nitrogen and oxygen atoms in total. The highest BCUT2D eigenvalue weighted by Gasteiger charge is 2.21. The van der Waals surface area contributed by atoms with E-state index < -0.39 is 11.6 Å². The third-order valence-corrected chi connectivity index (χ3v) is 2.29. The van der Waals surface area contributed by atoms with Crippen LogP contribution >= 0.6 is 0 Å². The number of nitrogen functional groups attached to an aromatic ring is 1. The molecule has 0 saturated carbocycles. The first kappa shape index (κ1) is 14.2. The van der Waals surface area contributed by atoms with E-state index in [2.05, 4.69) is 0 Å². The van der Waals surface area contributed by atoms with Gasteiger partial charge in [-0.25, -0.2) is 4.79 Å². The summed E-state index contributed by atoms with van der Waals surface area (Å²) >= 11 is 0. The maximum absolute atomic E-state index is 12.0. The van der Waals surface area contributed by atoms with Gasteiger partial charge in [-0.3, -0.25) is 5.41 Å². The van der Waals surface area contributed by atoms with Crippen LogP contribution in [0.5, 0.6) is 0 Å². The molecule has 0 atom stereocenters. The van der Waals surface area contributed by atoms with Gasteiger partial charge >= 0.3 is 5.97 Å². The van der Waals surface area contributed by atoms with Crippen molar-refractivity contribution in [3.8, 4) is 0 Å². The van der Waals surface area contributed by atoms with Crippen molar-refractivity contribution in [2.24, 2.45) is 11.5 Å². The lowest BCUT2D eigenvalue weighted by atomic mass is 10.00. The number of nitrogens with two attached hydrogens (primary N) is 2. The average molecular weight is 249 g/mol. The van der Waals surface area contributed by atoms with Gasteiger partial charge in [-0.15, -0.1) is 0 Å². The Morgan fingerprint density at radius 2 is 1.89 bits per heavy atom. The van der Waals surface area contributed by atoms with Crippen LogP contribution in [0.2, 0.25) is 0 Å². The number of rotatable bonds is 3. The highest BCUT2D eigenvalue weighted by molar-refractivity contribution is 6.01. The smallest absolute Gasteiger partial charge is 0.338 e. The Balaban J connectivity index is 3.21. The van der Waals surface area contributed by atoms with Gasteiger partial charge in [-0.1, -0.05) is 12.1 Å². The molecule has 0 aromatic heterocycles. The second-order valence-electron chi connectivity index (χ2n) is 4.95. The summed E-state index contributed by atoms with van der Waals surface area (Å²) in [4.78, 5) is 12.0. The highest BCUT2D eigenvalue weighted by atomic mass is 16.6. The van der Waals surface area contributed by atoms with Crippen LogP contribution in [0.1, 0.15) is 42.3 Å². The summed E-state index contributed by atoms with van der Waals surface area (Å²) in [5.74, 6) is -0.563. The van der Waals surface area contributed by atoms with E-state index in [0.717, 1.165) is 0 Å². The Hall–Kier alpha value is -1.88. The fraction of sp³-hybridized carbons (Fsp3) is 0.385. The van der Waals surface area contributed by atoms with Gasteiger partial charge in [0.25, 0.3) is 0 Å². The molecular weight excluding hydrogens is 230 g/mol. The Kier molecular flexibility index (Phi) is 4.08. The number of carbonyl (C=O) groups is 1. The molecule has 0 unspecified atom stereocenters. The van der Waals surface area contributed by atoms with Crippen molar-refractivity contribution in [3.63, 3.8) is 0 Å². The first-order valence-corrected chi connectivity index (χ1v) is 5.66.